The van der Waals surface area contributed by atoms with Crippen molar-refractivity contribution < 1.29 is 14.3 Å². The first-order valence-corrected chi connectivity index (χ1v) is 7.92. The smallest absolute Gasteiger partial charge is 0.231 e. The summed E-state index contributed by atoms with van der Waals surface area (Å²) in [5.74, 6) is 1.92. The van der Waals surface area contributed by atoms with E-state index in [-0.39, 0.29) is 12.7 Å². The minimum absolute atomic E-state index is 0.0745. The first-order chi connectivity index (χ1) is 11.2. The Morgan fingerprint density at radius 3 is 2.74 bits per heavy atom. The number of benzene rings is 2. The number of carbonyl (C=O) groups is 1. The summed E-state index contributed by atoms with van der Waals surface area (Å²) >= 11 is 0. The van der Waals surface area contributed by atoms with E-state index < -0.39 is 0 Å². The summed E-state index contributed by atoms with van der Waals surface area (Å²) in [5, 5.41) is 3.01. The van der Waals surface area contributed by atoms with Crippen molar-refractivity contribution in [3.8, 4) is 11.5 Å². The number of amides is 1. The van der Waals surface area contributed by atoms with E-state index in [0.717, 1.165) is 17.1 Å². The zero-order chi connectivity index (χ0) is 16.1. The average Bonchev–Trinajstić information content (AvgIpc) is 3.06. The molecule has 1 atom stereocenters. The van der Waals surface area contributed by atoms with Crippen LogP contribution in [0.4, 0.5) is 0 Å². The third-order valence-corrected chi connectivity index (χ3v) is 4.05. The van der Waals surface area contributed by atoms with Crippen molar-refractivity contribution in [3.05, 3.63) is 59.7 Å². The Bertz CT molecular complexity index is 670. The molecule has 0 aromatic heterocycles. The van der Waals surface area contributed by atoms with Gasteiger partial charge in [0.2, 0.25) is 12.7 Å². The van der Waals surface area contributed by atoms with Crippen LogP contribution in [0.25, 0.3) is 0 Å². The molecule has 4 nitrogen and oxygen atoms in total. The van der Waals surface area contributed by atoms with Crippen molar-refractivity contribution in [1.29, 1.82) is 0 Å². The van der Waals surface area contributed by atoms with Gasteiger partial charge in [0.15, 0.2) is 11.5 Å². The standard InChI is InChI=1S/C19H21NO3/c1-14(16-5-3-2-4-6-16)12-20-19(21)10-8-15-7-9-17-18(11-15)23-13-22-17/h2-7,9,11,14H,8,10,12-13H2,1H3,(H,20,21)/t14-/m0/s1. The van der Waals surface area contributed by atoms with E-state index in [2.05, 4.69) is 24.4 Å². The van der Waals surface area contributed by atoms with Gasteiger partial charge in [0.05, 0.1) is 0 Å². The van der Waals surface area contributed by atoms with E-state index in [0.29, 0.717) is 25.3 Å². The fourth-order valence-electron chi connectivity index (χ4n) is 2.61. The van der Waals surface area contributed by atoms with Crippen LogP contribution in [0.15, 0.2) is 48.5 Å². The molecule has 0 saturated carbocycles. The molecule has 1 aliphatic rings. The maximum absolute atomic E-state index is 12.0. The Hall–Kier alpha value is -2.49. The maximum Gasteiger partial charge on any atom is 0.231 e. The first kappa shape index (κ1) is 15.4. The number of aryl methyl sites for hydroxylation is 1. The van der Waals surface area contributed by atoms with E-state index in [1.54, 1.807) is 0 Å². The zero-order valence-electron chi connectivity index (χ0n) is 13.2. The van der Waals surface area contributed by atoms with Gasteiger partial charge in [0.25, 0.3) is 0 Å². The molecule has 0 fully saturated rings. The Morgan fingerprint density at radius 2 is 1.91 bits per heavy atom. The quantitative estimate of drug-likeness (QED) is 0.890. The molecule has 1 aliphatic heterocycles. The Labute approximate surface area is 136 Å². The second kappa shape index (κ2) is 7.18. The number of ether oxygens (including phenoxy) is 2. The second-order valence-corrected chi connectivity index (χ2v) is 5.80. The molecule has 1 heterocycles. The highest BCUT2D eigenvalue weighted by atomic mass is 16.7. The van der Waals surface area contributed by atoms with Gasteiger partial charge in [-0.25, -0.2) is 0 Å². The summed E-state index contributed by atoms with van der Waals surface area (Å²) in [6.45, 7) is 3.05. The lowest BCUT2D eigenvalue weighted by Gasteiger charge is -2.13. The molecule has 2 aromatic rings. The van der Waals surface area contributed by atoms with Crippen LogP contribution < -0.4 is 14.8 Å². The first-order valence-electron chi connectivity index (χ1n) is 7.92. The van der Waals surface area contributed by atoms with Crippen LogP contribution in [0.2, 0.25) is 0 Å². The van der Waals surface area contributed by atoms with Crippen molar-refractivity contribution in [1.82, 2.24) is 5.32 Å². The van der Waals surface area contributed by atoms with E-state index in [9.17, 15) is 4.79 Å². The predicted octanol–water partition coefficient (Wildman–Crippen LogP) is 3.27. The van der Waals surface area contributed by atoms with Gasteiger partial charge in [-0.2, -0.15) is 0 Å². The Balaban J connectivity index is 1.45. The zero-order valence-corrected chi connectivity index (χ0v) is 13.2. The summed E-state index contributed by atoms with van der Waals surface area (Å²) in [6.07, 6.45) is 1.17. The van der Waals surface area contributed by atoms with Gasteiger partial charge in [-0.15, -0.1) is 0 Å². The van der Waals surface area contributed by atoms with E-state index in [1.807, 2.05) is 36.4 Å². The molecule has 1 N–H and O–H groups in total. The topological polar surface area (TPSA) is 47.6 Å². The van der Waals surface area contributed by atoms with Crippen LogP contribution in [-0.4, -0.2) is 19.2 Å². The molecular weight excluding hydrogens is 290 g/mol. The number of rotatable bonds is 6. The average molecular weight is 311 g/mol. The van der Waals surface area contributed by atoms with Crippen LogP contribution in [0.1, 0.15) is 30.4 Å². The highest BCUT2D eigenvalue weighted by Gasteiger charge is 2.14. The summed E-state index contributed by atoms with van der Waals surface area (Å²) < 4.78 is 10.6. The van der Waals surface area contributed by atoms with E-state index >= 15 is 0 Å². The summed E-state index contributed by atoms with van der Waals surface area (Å²) in [7, 11) is 0. The minimum atomic E-state index is 0.0745. The third-order valence-electron chi connectivity index (χ3n) is 4.05. The van der Waals surface area contributed by atoms with Gasteiger partial charge in [0, 0.05) is 13.0 Å². The van der Waals surface area contributed by atoms with Gasteiger partial charge < -0.3 is 14.8 Å². The van der Waals surface area contributed by atoms with E-state index in [4.69, 9.17) is 9.47 Å². The number of hydrogen-bond acceptors (Lipinski definition) is 3. The number of carbonyl (C=O) groups excluding carboxylic acids is 1. The predicted molar refractivity (Wildman–Crippen MR) is 88.8 cm³/mol. The molecule has 1 amide bonds. The van der Waals surface area contributed by atoms with Gasteiger partial charge in [-0.1, -0.05) is 43.3 Å². The molecule has 0 unspecified atom stereocenters. The molecule has 3 rings (SSSR count). The molecule has 0 radical (unpaired) electrons. The minimum Gasteiger partial charge on any atom is -0.454 e. The fourth-order valence-corrected chi connectivity index (χ4v) is 2.61. The Morgan fingerprint density at radius 1 is 1.13 bits per heavy atom. The van der Waals surface area contributed by atoms with Crippen LogP contribution >= 0.6 is 0 Å². The van der Waals surface area contributed by atoms with Crippen LogP contribution in [0, 0.1) is 0 Å². The van der Waals surface area contributed by atoms with Crippen LogP contribution in [0.5, 0.6) is 11.5 Å². The maximum atomic E-state index is 12.0. The Kier molecular flexibility index (Phi) is 4.81. The highest BCUT2D eigenvalue weighted by molar-refractivity contribution is 5.76. The van der Waals surface area contributed by atoms with Gasteiger partial charge >= 0.3 is 0 Å². The largest absolute Gasteiger partial charge is 0.454 e. The fraction of sp³-hybridized carbons (Fsp3) is 0.316. The lowest BCUT2D eigenvalue weighted by atomic mass is 10.0. The molecule has 23 heavy (non-hydrogen) atoms. The normalized spacial score (nSPS) is 13.6. The van der Waals surface area contributed by atoms with E-state index in [1.165, 1.54) is 5.56 Å². The molecular formula is C19H21NO3. The molecule has 0 bridgehead atoms. The third kappa shape index (κ3) is 4.03. The lowest BCUT2D eigenvalue weighted by Crippen LogP contribution is -2.27. The molecule has 2 aromatic carbocycles. The van der Waals surface area contributed by atoms with Crippen molar-refractivity contribution >= 4 is 5.91 Å². The lowest BCUT2D eigenvalue weighted by molar-refractivity contribution is -0.121. The summed E-state index contributed by atoms with van der Waals surface area (Å²) in [4.78, 5) is 12.0. The SMILES string of the molecule is C[C@@H](CNC(=O)CCc1ccc2c(c1)OCO2)c1ccccc1. The number of hydrogen-bond donors (Lipinski definition) is 1. The van der Waals surface area contributed by atoms with Crippen molar-refractivity contribution in [2.75, 3.05) is 13.3 Å². The van der Waals surface area contributed by atoms with Crippen molar-refractivity contribution in [2.24, 2.45) is 0 Å². The van der Waals surface area contributed by atoms with Gasteiger partial charge in [0.1, 0.15) is 0 Å². The molecule has 0 aliphatic carbocycles. The number of fused-ring (bicyclic) bond motifs is 1. The highest BCUT2D eigenvalue weighted by Crippen LogP contribution is 2.32. The van der Waals surface area contributed by atoms with Gasteiger partial charge in [-0.05, 0) is 35.6 Å². The van der Waals surface area contributed by atoms with Gasteiger partial charge in [-0.3, -0.25) is 4.79 Å². The summed E-state index contributed by atoms with van der Waals surface area (Å²) in [5.41, 5.74) is 2.32. The van der Waals surface area contributed by atoms with Crippen molar-refractivity contribution in [2.45, 2.75) is 25.7 Å². The molecule has 0 saturated heterocycles. The second-order valence-electron chi connectivity index (χ2n) is 5.80. The summed E-state index contributed by atoms with van der Waals surface area (Å²) in [6, 6.07) is 16.0. The van der Waals surface area contributed by atoms with Crippen molar-refractivity contribution in [3.63, 3.8) is 0 Å². The number of nitrogens with one attached hydrogen (secondary N) is 1. The molecule has 4 heteroatoms. The van der Waals surface area contributed by atoms with Crippen LogP contribution in [-0.2, 0) is 11.2 Å². The van der Waals surface area contributed by atoms with Crippen LogP contribution in [0.3, 0.4) is 0 Å². The monoisotopic (exact) mass is 311 g/mol. The molecule has 0 spiro atoms. The molecule has 120 valence electrons.